The highest BCUT2D eigenvalue weighted by atomic mass is 16.4. The van der Waals surface area contributed by atoms with Crippen LogP contribution in [-0.2, 0) is 4.79 Å². The Bertz CT molecular complexity index is 277. The number of amides is 2. The quantitative estimate of drug-likeness (QED) is 0.788. The zero-order valence-corrected chi connectivity index (χ0v) is 10.6. The van der Waals surface area contributed by atoms with Crippen LogP contribution in [0.25, 0.3) is 0 Å². The molecule has 1 rings (SSSR count). The van der Waals surface area contributed by atoms with Crippen molar-refractivity contribution in [3.05, 3.63) is 0 Å². The second-order valence-corrected chi connectivity index (χ2v) is 4.52. The maximum atomic E-state index is 11.8. The molecule has 2 N–H and O–H groups in total. The summed E-state index contributed by atoms with van der Waals surface area (Å²) >= 11 is 0. The molecule has 2 unspecified atom stereocenters. The Morgan fingerprint density at radius 3 is 2.47 bits per heavy atom. The molecule has 0 spiro atoms. The van der Waals surface area contributed by atoms with Gasteiger partial charge in [-0.05, 0) is 33.1 Å². The van der Waals surface area contributed by atoms with Crippen molar-refractivity contribution in [2.24, 2.45) is 5.92 Å². The Labute approximate surface area is 102 Å². The Morgan fingerprint density at radius 2 is 1.94 bits per heavy atom. The molecule has 0 aromatic heterocycles. The maximum absolute atomic E-state index is 11.8. The molecular formula is C12H22N2O3. The highest BCUT2D eigenvalue weighted by Crippen LogP contribution is 2.24. The van der Waals surface area contributed by atoms with Gasteiger partial charge in [0.2, 0.25) is 0 Å². The first-order valence-corrected chi connectivity index (χ1v) is 6.36. The number of nitrogens with zero attached hydrogens (tertiary/aromatic N) is 1. The largest absolute Gasteiger partial charge is 0.481 e. The van der Waals surface area contributed by atoms with Crippen LogP contribution in [0.3, 0.4) is 0 Å². The Morgan fingerprint density at radius 1 is 1.29 bits per heavy atom. The van der Waals surface area contributed by atoms with Crippen LogP contribution in [0.2, 0.25) is 0 Å². The molecule has 0 heterocycles. The molecule has 1 aliphatic carbocycles. The lowest BCUT2D eigenvalue weighted by molar-refractivity contribution is -0.143. The number of aliphatic carboxylic acids is 1. The number of rotatable bonds is 4. The van der Waals surface area contributed by atoms with Crippen LogP contribution in [0.4, 0.5) is 4.79 Å². The van der Waals surface area contributed by atoms with Crippen molar-refractivity contribution in [3.63, 3.8) is 0 Å². The molecule has 2 atom stereocenters. The molecule has 5 heteroatoms. The monoisotopic (exact) mass is 242 g/mol. The number of nitrogens with one attached hydrogen (secondary N) is 1. The summed E-state index contributed by atoms with van der Waals surface area (Å²) in [5, 5.41) is 11.9. The minimum absolute atomic E-state index is 0.0120. The smallest absolute Gasteiger partial charge is 0.317 e. The molecule has 0 aliphatic heterocycles. The fourth-order valence-electron chi connectivity index (χ4n) is 2.32. The molecule has 1 fully saturated rings. The topological polar surface area (TPSA) is 69.6 Å². The van der Waals surface area contributed by atoms with E-state index in [0.29, 0.717) is 19.5 Å². The summed E-state index contributed by atoms with van der Waals surface area (Å²) in [4.78, 5) is 24.4. The molecule has 2 amide bonds. The molecule has 17 heavy (non-hydrogen) atoms. The fourth-order valence-corrected chi connectivity index (χ4v) is 2.32. The minimum atomic E-state index is -0.744. The first-order chi connectivity index (χ1) is 8.08. The van der Waals surface area contributed by atoms with Crippen molar-refractivity contribution in [2.45, 2.75) is 45.6 Å². The van der Waals surface area contributed by atoms with Gasteiger partial charge in [-0.3, -0.25) is 4.79 Å². The molecule has 0 aromatic rings. The van der Waals surface area contributed by atoms with Gasteiger partial charge >= 0.3 is 12.0 Å². The van der Waals surface area contributed by atoms with Crippen LogP contribution in [-0.4, -0.2) is 41.1 Å². The third-order valence-electron chi connectivity index (χ3n) is 3.40. The van der Waals surface area contributed by atoms with Gasteiger partial charge in [-0.25, -0.2) is 4.79 Å². The zero-order valence-electron chi connectivity index (χ0n) is 10.6. The second-order valence-electron chi connectivity index (χ2n) is 4.52. The van der Waals surface area contributed by atoms with Gasteiger partial charge in [-0.1, -0.05) is 6.42 Å². The highest BCUT2D eigenvalue weighted by molar-refractivity contribution is 5.75. The molecule has 98 valence electrons. The van der Waals surface area contributed by atoms with Crippen molar-refractivity contribution < 1.29 is 14.7 Å². The first kappa shape index (κ1) is 13.8. The summed E-state index contributed by atoms with van der Waals surface area (Å²) in [5.41, 5.74) is 0. The number of hydrogen-bond acceptors (Lipinski definition) is 2. The number of carbonyl (C=O) groups is 2. The number of carboxylic acid groups (broad SMARTS) is 1. The van der Waals surface area contributed by atoms with Gasteiger partial charge in [0.05, 0.1) is 5.92 Å². The predicted octanol–water partition coefficient (Wildman–Crippen LogP) is 1.68. The van der Waals surface area contributed by atoms with Gasteiger partial charge in [-0.2, -0.15) is 0 Å². The number of hydrogen-bond donors (Lipinski definition) is 2. The van der Waals surface area contributed by atoms with Crippen LogP contribution < -0.4 is 5.32 Å². The van der Waals surface area contributed by atoms with Gasteiger partial charge in [-0.15, -0.1) is 0 Å². The average Bonchev–Trinajstić information content (AvgIpc) is 2.30. The predicted molar refractivity (Wildman–Crippen MR) is 64.8 cm³/mol. The number of carboxylic acids is 1. The third-order valence-corrected chi connectivity index (χ3v) is 3.40. The molecule has 1 saturated carbocycles. The minimum Gasteiger partial charge on any atom is -0.481 e. The van der Waals surface area contributed by atoms with E-state index in [1.54, 1.807) is 4.90 Å². The third kappa shape index (κ3) is 3.91. The average molecular weight is 242 g/mol. The van der Waals surface area contributed by atoms with Crippen LogP contribution in [0, 0.1) is 5.92 Å². The number of urea groups is 1. The van der Waals surface area contributed by atoms with E-state index < -0.39 is 5.97 Å². The first-order valence-electron chi connectivity index (χ1n) is 6.36. The van der Waals surface area contributed by atoms with E-state index in [0.717, 1.165) is 19.3 Å². The number of carbonyl (C=O) groups excluding carboxylic acids is 1. The van der Waals surface area contributed by atoms with E-state index >= 15 is 0 Å². The molecule has 0 saturated heterocycles. The summed E-state index contributed by atoms with van der Waals surface area (Å²) in [6.45, 7) is 5.23. The summed E-state index contributed by atoms with van der Waals surface area (Å²) < 4.78 is 0. The maximum Gasteiger partial charge on any atom is 0.317 e. The summed E-state index contributed by atoms with van der Waals surface area (Å²) in [7, 11) is 0. The van der Waals surface area contributed by atoms with Gasteiger partial charge in [0, 0.05) is 19.1 Å². The Balaban J connectivity index is 2.45. The normalized spacial score (nSPS) is 24.1. The van der Waals surface area contributed by atoms with Crippen LogP contribution in [0.1, 0.15) is 39.5 Å². The van der Waals surface area contributed by atoms with Crippen molar-refractivity contribution in [1.82, 2.24) is 10.2 Å². The second kappa shape index (κ2) is 6.47. The fraction of sp³-hybridized carbons (Fsp3) is 0.833. The molecule has 1 aliphatic rings. The SMILES string of the molecule is CCN(CC)C(=O)NC1CCCC(C(=O)O)C1. The van der Waals surface area contributed by atoms with Crippen molar-refractivity contribution in [3.8, 4) is 0 Å². The molecule has 5 nitrogen and oxygen atoms in total. The molecular weight excluding hydrogens is 220 g/mol. The van der Waals surface area contributed by atoms with E-state index in [1.165, 1.54) is 0 Å². The summed E-state index contributed by atoms with van der Waals surface area (Å²) in [6, 6.07) is -0.0658. The van der Waals surface area contributed by atoms with E-state index in [-0.39, 0.29) is 18.0 Å². The van der Waals surface area contributed by atoms with Crippen LogP contribution in [0.5, 0.6) is 0 Å². The Hall–Kier alpha value is -1.26. The van der Waals surface area contributed by atoms with Gasteiger partial charge < -0.3 is 15.3 Å². The van der Waals surface area contributed by atoms with E-state index in [4.69, 9.17) is 5.11 Å². The lowest BCUT2D eigenvalue weighted by Crippen LogP contribution is -2.46. The zero-order chi connectivity index (χ0) is 12.8. The van der Waals surface area contributed by atoms with Crippen LogP contribution in [0.15, 0.2) is 0 Å². The lowest BCUT2D eigenvalue weighted by Gasteiger charge is -2.29. The van der Waals surface area contributed by atoms with Gasteiger partial charge in [0.1, 0.15) is 0 Å². The van der Waals surface area contributed by atoms with E-state index in [9.17, 15) is 9.59 Å². The standard InChI is InChI=1S/C12H22N2O3/c1-3-14(4-2)12(17)13-10-7-5-6-9(8-10)11(15)16/h9-10H,3-8H2,1-2H3,(H,13,17)(H,15,16). The molecule has 0 aromatic carbocycles. The van der Waals surface area contributed by atoms with E-state index in [1.807, 2.05) is 13.8 Å². The molecule has 0 bridgehead atoms. The Kier molecular flexibility index (Phi) is 5.25. The lowest BCUT2D eigenvalue weighted by atomic mass is 9.86. The summed E-state index contributed by atoms with van der Waals surface area (Å²) in [5.74, 6) is -1.04. The van der Waals surface area contributed by atoms with Gasteiger partial charge in [0.15, 0.2) is 0 Å². The van der Waals surface area contributed by atoms with Crippen molar-refractivity contribution in [1.29, 1.82) is 0 Å². The van der Waals surface area contributed by atoms with E-state index in [2.05, 4.69) is 5.32 Å². The summed E-state index contributed by atoms with van der Waals surface area (Å²) in [6.07, 6.45) is 3.05. The highest BCUT2D eigenvalue weighted by Gasteiger charge is 2.28. The van der Waals surface area contributed by atoms with Crippen molar-refractivity contribution >= 4 is 12.0 Å². The van der Waals surface area contributed by atoms with Crippen molar-refractivity contribution in [2.75, 3.05) is 13.1 Å². The molecule has 0 radical (unpaired) electrons. The van der Waals surface area contributed by atoms with Gasteiger partial charge in [0.25, 0.3) is 0 Å². The van der Waals surface area contributed by atoms with Crippen LogP contribution >= 0.6 is 0 Å².